The summed E-state index contributed by atoms with van der Waals surface area (Å²) < 4.78 is 10.5. The van der Waals surface area contributed by atoms with Crippen molar-refractivity contribution in [3.8, 4) is 0 Å². The number of nitrogens with two attached hydrogens (primary N) is 1. The van der Waals surface area contributed by atoms with Crippen LogP contribution in [0.4, 0.5) is 11.6 Å². The van der Waals surface area contributed by atoms with Crippen molar-refractivity contribution in [2.45, 2.75) is 38.5 Å². The van der Waals surface area contributed by atoms with E-state index < -0.39 is 0 Å². The zero-order valence-corrected chi connectivity index (χ0v) is 10.8. The summed E-state index contributed by atoms with van der Waals surface area (Å²) in [6.45, 7) is 2.96. The smallest absolute Gasteiger partial charge is 0.158 e. The van der Waals surface area contributed by atoms with Crippen molar-refractivity contribution < 1.29 is 9.47 Å². The minimum Gasteiger partial charge on any atom is -0.384 e. The summed E-state index contributed by atoms with van der Waals surface area (Å²) in [7, 11) is 1.74. The lowest BCUT2D eigenvalue weighted by atomic mass is 9.89. The quantitative estimate of drug-likeness (QED) is 0.791. The van der Waals surface area contributed by atoms with Crippen LogP contribution in [-0.4, -0.2) is 35.8 Å². The molecule has 100 valence electrons. The lowest BCUT2D eigenvalue weighted by molar-refractivity contribution is 0.0327. The summed E-state index contributed by atoms with van der Waals surface area (Å²) in [6, 6.07) is 2.15. The molecule has 0 spiro atoms. The van der Waals surface area contributed by atoms with E-state index in [1.54, 1.807) is 13.2 Å². The number of nitrogens with one attached hydrogen (secondary N) is 1. The van der Waals surface area contributed by atoms with Crippen molar-refractivity contribution in [1.82, 2.24) is 9.97 Å². The largest absolute Gasteiger partial charge is 0.384 e. The zero-order valence-electron chi connectivity index (χ0n) is 10.8. The molecule has 6 nitrogen and oxygen atoms in total. The molecule has 0 aliphatic heterocycles. The average molecular weight is 252 g/mol. The second kappa shape index (κ2) is 5.97. The third-order valence-corrected chi connectivity index (χ3v) is 3.01. The van der Waals surface area contributed by atoms with Gasteiger partial charge in [-0.15, -0.1) is 0 Å². The number of methoxy groups -OCH3 is 1. The molecule has 0 amide bonds. The van der Waals surface area contributed by atoms with Gasteiger partial charge in [-0.3, -0.25) is 0 Å². The maximum atomic E-state index is 5.75. The molecule has 1 aliphatic rings. The van der Waals surface area contributed by atoms with Crippen molar-refractivity contribution >= 4 is 11.6 Å². The molecule has 1 aliphatic carbocycles. The van der Waals surface area contributed by atoms with Crippen LogP contribution in [0.5, 0.6) is 0 Å². The maximum Gasteiger partial charge on any atom is 0.158 e. The van der Waals surface area contributed by atoms with Gasteiger partial charge >= 0.3 is 0 Å². The first kappa shape index (κ1) is 13.0. The van der Waals surface area contributed by atoms with E-state index in [0.29, 0.717) is 37.0 Å². The SMILES string of the molecule is CCOCc1nc(N)cc(NC2CC(OC)C2)n1. The third kappa shape index (κ3) is 3.30. The first-order valence-corrected chi connectivity index (χ1v) is 6.21. The number of aromatic nitrogens is 2. The molecule has 18 heavy (non-hydrogen) atoms. The van der Waals surface area contributed by atoms with Crippen LogP contribution >= 0.6 is 0 Å². The second-order valence-corrected chi connectivity index (χ2v) is 4.40. The Morgan fingerprint density at radius 1 is 1.44 bits per heavy atom. The Morgan fingerprint density at radius 3 is 2.89 bits per heavy atom. The van der Waals surface area contributed by atoms with Gasteiger partial charge in [0.1, 0.15) is 18.2 Å². The molecule has 1 saturated carbocycles. The van der Waals surface area contributed by atoms with Crippen molar-refractivity contribution in [1.29, 1.82) is 0 Å². The summed E-state index contributed by atoms with van der Waals surface area (Å²) in [6.07, 6.45) is 2.37. The van der Waals surface area contributed by atoms with Crippen molar-refractivity contribution in [3.63, 3.8) is 0 Å². The molecule has 0 radical (unpaired) electrons. The summed E-state index contributed by atoms with van der Waals surface area (Å²) >= 11 is 0. The van der Waals surface area contributed by atoms with Gasteiger partial charge in [0.25, 0.3) is 0 Å². The van der Waals surface area contributed by atoms with Crippen LogP contribution in [0.15, 0.2) is 6.07 Å². The van der Waals surface area contributed by atoms with Gasteiger partial charge in [-0.05, 0) is 19.8 Å². The summed E-state index contributed by atoms with van der Waals surface area (Å²) in [5.41, 5.74) is 5.75. The molecule has 0 saturated heterocycles. The molecular formula is C12H20N4O2. The van der Waals surface area contributed by atoms with Gasteiger partial charge in [0.15, 0.2) is 5.82 Å². The van der Waals surface area contributed by atoms with Gasteiger partial charge in [0.05, 0.1) is 6.10 Å². The Bertz CT molecular complexity index is 394. The molecule has 1 aromatic heterocycles. The van der Waals surface area contributed by atoms with Crippen molar-refractivity contribution in [2.75, 3.05) is 24.8 Å². The molecule has 0 unspecified atom stereocenters. The molecule has 0 aromatic carbocycles. The number of anilines is 2. The van der Waals surface area contributed by atoms with Crippen LogP contribution in [0, 0.1) is 0 Å². The fourth-order valence-electron chi connectivity index (χ4n) is 1.93. The molecule has 6 heteroatoms. The van der Waals surface area contributed by atoms with Gasteiger partial charge in [-0.1, -0.05) is 0 Å². The number of rotatable bonds is 6. The Labute approximate surface area is 107 Å². The highest BCUT2D eigenvalue weighted by Crippen LogP contribution is 2.26. The topological polar surface area (TPSA) is 82.3 Å². The van der Waals surface area contributed by atoms with Crippen LogP contribution in [0.25, 0.3) is 0 Å². The predicted molar refractivity (Wildman–Crippen MR) is 69.2 cm³/mol. The van der Waals surface area contributed by atoms with E-state index in [2.05, 4.69) is 15.3 Å². The molecule has 1 fully saturated rings. The minimum atomic E-state index is 0.365. The lowest BCUT2D eigenvalue weighted by Crippen LogP contribution is -2.40. The first-order chi connectivity index (χ1) is 8.71. The third-order valence-electron chi connectivity index (χ3n) is 3.01. The van der Waals surface area contributed by atoms with Crippen molar-refractivity contribution in [2.24, 2.45) is 0 Å². The lowest BCUT2D eigenvalue weighted by Gasteiger charge is -2.34. The number of hydrogen-bond acceptors (Lipinski definition) is 6. The van der Waals surface area contributed by atoms with Gasteiger partial charge in [0, 0.05) is 25.8 Å². The predicted octanol–water partition coefficient (Wildman–Crippen LogP) is 1.18. The monoisotopic (exact) mass is 252 g/mol. The first-order valence-electron chi connectivity index (χ1n) is 6.21. The molecule has 0 atom stereocenters. The number of hydrogen-bond donors (Lipinski definition) is 2. The van der Waals surface area contributed by atoms with E-state index in [0.717, 1.165) is 18.7 Å². The fraction of sp³-hybridized carbons (Fsp3) is 0.667. The van der Waals surface area contributed by atoms with E-state index in [-0.39, 0.29) is 0 Å². The summed E-state index contributed by atoms with van der Waals surface area (Å²) in [5, 5.41) is 3.33. The van der Waals surface area contributed by atoms with Crippen LogP contribution in [0.3, 0.4) is 0 Å². The molecule has 1 heterocycles. The highest BCUT2D eigenvalue weighted by atomic mass is 16.5. The Hall–Kier alpha value is -1.40. The van der Waals surface area contributed by atoms with Crippen LogP contribution < -0.4 is 11.1 Å². The van der Waals surface area contributed by atoms with Gasteiger partial charge < -0.3 is 20.5 Å². The fourth-order valence-corrected chi connectivity index (χ4v) is 1.93. The molecule has 3 N–H and O–H groups in total. The van der Waals surface area contributed by atoms with E-state index in [9.17, 15) is 0 Å². The van der Waals surface area contributed by atoms with E-state index in [1.807, 2.05) is 6.92 Å². The normalized spacial score (nSPS) is 22.6. The zero-order chi connectivity index (χ0) is 13.0. The highest BCUT2D eigenvalue weighted by molar-refractivity contribution is 5.45. The average Bonchev–Trinajstić information content (AvgIpc) is 2.30. The van der Waals surface area contributed by atoms with Gasteiger partial charge in [0.2, 0.25) is 0 Å². The standard InChI is InChI=1S/C12H20N4O2/c1-3-18-7-12-15-10(13)6-11(16-12)14-8-4-9(5-8)17-2/h6,8-9H,3-5,7H2,1-2H3,(H3,13,14,15,16). The van der Waals surface area contributed by atoms with E-state index >= 15 is 0 Å². The van der Waals surface area contributed by atoms with Gasteiger partial charge in [-0.2, -0.15) is 0 Å². The molecular weight excluding hydrogens is 232 g/mol. The summed E-state index contributed by atoms with van der Waals surface area (Å²) in [4.78, 5) is 8.51. The summed E-state index contributed by atoms with van der Waals surface area (Å²) in [5.74, 6) is 1.84. The van der Waals surface area contributed by atoms with Crippen molar-refractivity contribution in [3.05, 3.63) is 11.9 Å². The van der Waals surface area contributed by atoms with E-state index in [4.69, 9.17) is 15.2 Å². The number of nitrogens with zero attached hydrogens (tertiary/aromatic N) is 2. The Balaban J connectivity index is 1.93. The van der Waals surface area contributed by atoms with Crippen LogP contribution in [-0.2, 0) is 16.1 Å². The Morgan fingerprint density at radius 2 is 2.22 bits per heavy atom. The van der Waals surface area contributed by atoms with E-state index in [1.165, 1.54) is 0 Å². The molecule has 0 bridgehead atoms. The number of nitrogen functional groups attached to an aromatic ring is 1. The second-order valence-electron chi connectivity index (χ2n) is 4.40. The highest BCUT2D eigenvalue weighted by Gasteiger charge is 2.29. The Kier molecular flexibility index (Phi) is 4.33. The maximum absolute atomic E-state index is 5.75. The van der Waals surface area contributed by atoms with Crippen LogP contribution in [0.2, 0.25) is 0 Å². The molecule has 1 aromatic rings. The van der Waals surface area contributed by atoms with Gasteiger partial charge in [-0.25, -0.2) is 9.97 Å². The molecule has 2 rings (SSSR count). The van der Waals surface area contributed by atoms with Crippen LogP contribution in [0.1, 0.15) is 25.6 Å². The number of ether oxygens (including phenoxy) is 2. The minimum absolute atomic E-state index is 0.365.